The van der Waals surface area contributed by atoms with Gasteiger partial charge in [-0.25, -0.2) is 4.98 Å². The monoisotopic (exact) mass is 336 g/mol. The van der Waals surface area contributed by atoms with Crippen molar-refractivity contribution < 1.29 is 9.90 Å². The molecule has 0 aliphatic rings. The van der Waals surface area contributed by atoms with Gasteiger partial charge in [-0.3, -0.25) is 4.79 Å². The Balaban J connectivity index is 2.65. The summed E-state index contributed by atoms with van der Waals surface area (Å²) in [4.78, 5) is 17.4. The van der Waals surface area contributed by atoms with Crippen LogP contribution in [0.2, 0.25) is 0 Å². The predicted octanol–water partition coefficient (Wildman–Crippen LogP) is 3.69. The number of hydrogen-bond acceptors (Lipinski definition) is 3. The number of carbonyl (C=O) groups is 1. The number of pyridine rings is 1. The Morgan fingerprint density at radius 3 is 2.60 bits per heavy atom. The van der Waals surface area contributed by atoms with Crippen molar-refractivity contribution in [2.24, 2.45) is 0 Å². The van der Waals surface area contributed by atoms with Crippen LogP contribution in [-0.2, 0) is 4.79 Å². The van der Waals surface area contributed by atoms with E-state index < -0.39 is 5.97 Å². The number of carboxylic acids is 1. The third-order valence-corrected chi connectivity index (χ3v) is 3.78. The lowest BCUT2D eigenvalue weighted by Crippen LogP contribution is -2.45. The lowest BCUT2D eigenvalue weighted by Gasteiger charge is -2.36. The van der Waals surface area contributed by atoms with Crippen LogP contribution < -0.4 is 4.90 Å². The molecule has 0 amide bonds. The lowest BCUT2D eigenvalue weighted by molar-refractivity contribution is -0.135. The van der Waals surface area contributed by atoms with Gasteiger partial charge in [-0.1, -0.05) is 28.1 Å². The SMILES string of the molecule is CC(C)(C)N(CC(=O)O)c1nccc2c(Br)cccc12. The molecule has 1 heterocycles. The molecule has 0 saturated heterocycles. The van der Waals surface area contributed by atoms with E-state index in [4.69, 9.17) is 5.11 Å². The highest BCUT2D eigenvalue weighted by molar-refractivity contribution is 9.10. The zero-order valence-electron chi connectivity index (χ0n) is 11.7. The van der Waals surface area contributed by atoms with Crippen molar-refractivity contribution in [3.8, 4) is 0 Å². The molecule has 1 N–H and O–H groups in total. The van der Waals surface area contributed by atoms with Gasteiger partial charge >= 0.3 is 5.97 Å². The zero-order chi connectivity index (χ0) is 14.9. The fourth-order valence-corrected chi connectivity index (χ4v) is 2.63. The Morgan fingerprint density at radius 2 is 2.00 bits per heavy atom. The summed E-state index contributed by atoms with van der Waals surface area (Å²) in [6, 6.07) is 7.78. The molecule has 1 aromatic heterocycles. The quantitative estimate of drug-likeness (QED) is 0.928. The van der Waals surface area contributed by atoms with Crippen LogP contribution in [0.15, 0.2) is 34.9 Å². The van der Waals surface area contributed by atoms with Crippen molar-refractivity contribution in [1.29, 1.82) is 0 Å². The van der Waals surface area contributed by atoms with Crippen LogP contribution in [0.1, 0.15) is 20.8 Å². The molecular weight excluding hydrogens is 320 g/mol. The Hall–Kier alpha value is -1.62. The number of nitrogens with zero attached hydrogens (tertiary/aromatic N) is 2. The van der Waals surface area contributed by atoms with Crippen molar-refractivity contribution >= 4 is 38.5 Å². The molecule has 5 heteroatoms. The average molecular weight is 337 g/mol. The van der Waals surface area contributed by atoms with Gasteiger partial charge in [0.05, 0.1) is 0 Å². The van der Waals surface area contributed by atoms with Crippen LogP contribution in [0.5, 0.6) is 0 Å². The fraction of sp³-hybridized carbons (Fsp3) is 0.333. The van der Waals surface area contributed by atoms with Crippen molar-refractivity contribution in [1.82, 2.24) is 4.98 Å². The Morgan fingerprint density at radius 1 is 1.30 bits per heavy atom. The van der Waals surface area contributed by atoms with Crippen LogP contribution in [0.3, 0.4) is 0 Å². The number of aromatic nitrogens is 1. The van der Waals surface area contributed by atoms with Crippen LogP contribution in [0.4, 0.5) is 5.82 Å². The van der Waals surface area contributed by atoms with Gasteiger partial charge in [-0.05, 0) is 32.9 Å². The van der Waals surface area contributed by atoms with Gasteiger partial charge in [0.2, 0.25) is 0 Å². The summed E-state index contributed by atoms with van der Waals surface area (Å²) in [7, 11) is 0. The zero-order valence-corrected chi connectivity index (χ0v) is 13.3. The van der Waals surface area contributed by atoms with Gasteiger partial charge in [0.1, 0.15) is 12.4 Å². The number of carboxylic acid groups (broad SMARTS) is 1. The number of anilines is 1. The molecule has 0 saturated carbocycles. The molecule has 2 rings (SSSR count). The predicted molar refractivity (Wildman–Crippen MR) is 84.2 cm³/mol. The van der Waals surface area contributed by atoms with Crippen LogP contribution in [0, 0.1) is 0 Å². The number of fused-ring (bicyclic) bond motifs is 1. The van der Waals surface area contributed by atoms with Gasteiger partial charge < -0.3 is 10.0 Å². The van der Waals surface area contributed by atoms with E-state index in [1.807, 2.05) is 49.9 Å². The first-order chi connectivity index (χ1) is 9.30. The van der Waals surface area contributed by atoms with Gasteiger partial charge in [0.25, 0.3) is 0 Å². The molecule has 0 unspecified atom stereocenters. The van der Waals surface area contributed by atoms with E-state index in [1.165, 1.54) is 0 Å². The maximum atomic E-state index is 11.2. The van der Waals surface area contributed by atoms with E-state index in [-0.39, 0.29) is 12.1 Å². The third kappa shape index (κ3) is 2.93. The standard InChI is InChI=1S/C15H17BrN2O2/c1-15(2,3)18(9-13(19)20)14-11-5-4-6-12(16)10(11)7-8-17-14/h4-8H,9H2,1-3H3,(H,19,20). The summed E-state index contributed by atoms with van der Waals surface area (Å²) < 4.78 is 0.975. The smallest absolute Gasteiger partial charge is 0.323 e. The van der Waals surface area contributed by atoms with Crippen molar-refractivity contribution in [2.45, 2.75) is 26.3 Å². The van der Waals surface area contributed by atoms with E-state index >= 15 is 0 Å². The number of benzene rings is 1. The molecule has 0 fully saturated rings. The normalized spacial score (nSPS) is 11.6. The summed E-state index contributed by atoms with van der Waals surface area (Å²) in [5, 5.41) is 11.1. The van der Waals surface area contributed by atoms with Gasteiger partial charge in [-0.2, -0.15) is 0 Å². The molecule has 0 spiro atoms. The first-order valence-electron chi connectivity index (χ1n) is 6.33. The second-order valence-electron chi connectivity index (χ2n) is 5.62. The third-order valence-electron chi connectivity index (χ3n) is 3.09. The molecular formula is C15H17BrN2O2. The van der Waals surface area contributed by atoms with E-state index in [2.05, 4.69) is 20.9 Å². The highest BCUT2D eigenvalue weighted by Crippen LogP contribution is 2.32. The molecule has 4 nitrogen and oxygen atoms in total. The number of halogens is 1. The molecule has 20 heavy (non-hydrogen) atoms. The molecule has 2 aromatic rings. The summed E-state index contributed by atoms with van der Waals surface area (Å²) >= 11 is 3.52. The molecule has 0 radical (unpaired) electrons. The summed E-state index contributed by atoms with van der Waals surface area (Å²) in [5.41, 5.74) is -0.331. The molecule has 1 aromatic carbocycles. The minimum absolute atomic E-state index is 0.0812. The topological polar surface area (TPSA) is 53.4 Å². The Bertz CT molecular complexity index is 650. The number of hydrogen-bond donors (Lipinski definition) is 1. The van der Waals surface area contributed by atoms with Crippen LogP contribution >= 0.6 is 15.9 Å². The van der Waals surface area contributed by atoms with Crippen molar-refractivity contribution in [3.05, 3.63) is 34.9 Å². The highest BCUT2D eigenvalue weighted by Gasteiger charge is 2.26. The van der Waals surface area contributed by atoms with Crippen LogP contribution in [0.25, 0.3) is 10.8 Å². The largest absolute Gasteiger partial charge is 0.480 e. The summed E-state index contributed by atoms with van der Waals surface area (Å²) in [5.74, 6) is -0.174. The van der Waals surface area contributed by atoms with Gasteiger partial charge in [0, 0.05) is 27.0 Å². The maximum Gasteiger partial charge on any atom is 0.323 e. The average Bonchev–Trinajstić information content (AvgIpc) is 2.35. The fourth-order valence-electron chi connectivity index (χ4n) is 2.13. The highest BCUT2D eigenvalue weighted by atomic mass is 79.9. The maximum absolute atomic E-state index is 11.2. The molecule has 0 aliphatic heterocycles. The summed E-state index contributed by atoms with van der Waals surface area (Å²) in [6.45, 7) is 5.86. The van der Waals surface area contributed by atoms with E-state index in [9.17, 15) is 4.79 Å². The number of aliphatic carboxylic acids is 1. The minimum atomic E-state index is -0.867. The minimum Gasteiger partial charge on any atom is -0.480 e. The van der Waals surface area contributed by atoms with Gasteiger partial charge in [-0.15, -0.1) is 0 Å². The van der Waals surface area contributed by atoms with Crippen molar-refractivity contribution in [2.75, 3.05) is 11.4 Å². The second kappa shape index (κ2) is 5.40. The second-order valence-corrected chi connectivity index (χ2v) is 6.47. The van der Waals surface area contributed by atoms with E-state index in [0.29, 0.717) is 5.82 Å². The molecule has 0 atom stereocenters. The molecule has 0 aliphatic carbocycles. The number of rotatable bonds is 3. The van der Waals surface area contributed by atoms with Gasteiger partial charge in [0.15, 0.2) is 0 Å². The van der Waals surface area contributed by atoms with Crippen LogP contribution in [-0.4, -0.2) is 28.1 Å². The Labute approximate surface area is 126 Å². The molecule has 0 bridgehead atoms. The van der Waals surface area contributed by atoms with Crippen molar-refractivity contribution in [3.63, 3.8) is 0 Å². The van der Waals surface area contributed by atoms with E-state index in [0.717, 1.165) is 15.2 Å². The molecule has 106 valence electrons. The first-order valence-corrected chi connectivity index (χ1v) is 7.12. The lowest BCUT2D eigenvalue weighted by atomic mass is 10.0. The summed E-state index contributed by atoms with van der Waals surface area (Å²) in [6.07, 6.45) is 1.71. The Kier molecular flexibility index (Phi) is 3.99. The van der Waals surface area contributed by atoms with E-state index in [1.54, 1.807) is 6.20 Å². The first kappa shape index (κ1) is 14.8.